The summed E-state index contributed by atoms with van der Waals surface area (Å²) in [5, 5.41) is 0. The number of carbonyl (C=O) groups excluding carboxylic acids is 1. The van der Waals surface area contributed by atoms with Crippen LogP contribution in [0.15, 0.2) is 18.2 Å². The van der Waals surface area contributed by atoms with E-state index in [1.807, 2.05) is 0 Å². The van der Waals surface area contributed by atoms with Crippen LogP contribution in [0.4, 0.5) is 0 Å². The summed E-state index contributed by atoms with van der Waals surface area (Å²) >= 11 is 0. The third-order valence-corrected chi connectivity index (χ3v) is 5.30. The van der Waals surface area contributed by atoms with E-state index in [2.05, 4.69) is 4.90 Å². The number of rotatable bonds is 7. The molecule has 1 aromatic rings. The van der Waals surface area contributed by atoms with Crippen molar-refractivity contribution in [3.8, 4) is 17.2 Å². The van der Waals surface area contributed by atoms with Crippen LogP contribution in [0.25, 0.3) is 6.08 Å². The van der Waals surface area contributed by atoms with Crippen LogP contribution >= 0.6 is 0 Å². The standard InChI is InChI=1S/C20H27NO5/c1-23-17-11-14(12-18(24-2)20(17)25-3)7-10-19(22)26-13-21-15-5-4-6-16(21)9-8-15/h7,10-12,15-16H,4-6,8-9,13H2,1-3H3/t15-,16+. The number of fused-ring (bicyclic) bond motifs is 2. The van der Waals surface area contributed by atoms with Crippen LogP contribution in [-0.2, 0) is 9.53 Å². The Morgan fingerprint density at radius 2 is 1.65 bits per heavy atom. The number of piperidine rings is 1. The number of benzene rings is 1. The van der Waals surface area contributed by atoms with E-state index in [1.54, 1.807) is 39.5 Å². The Bertz CT molecular complexity index is 631. The van der Waals surface area contributed by atoms with Crippen LogP contribution in [0.2, 0.25) is 0 Å². The lowest BCUT2D eigenvalue weighted by molar-refractivity contribution is -0.144. The summed E-state index contributed by atoms with van der Waals surface area (Å²) in [4.78, 5) is 14.4. The van der Waals surface area contributed by atoms with Crippen LogP contribution in [0.5, 0.6) is 17.2 Å². The Balaban J connectivity index is 1.61. The highest BCUT2D eigenvalue weighted by molar-refractivity contribution is 5.87. The normalized spacial score (nSPS) is 22.4. The monoisotopic (exact) mass is 361 g/mol. The number of hydrogen-bond acceptors (Lipinski definition) is 6. The van der Waals surface area contributed by atoms with Crippen molar-refractivity contribution in [2.75, 3.05) is 28.1 Å². The fourth-order valence-corrected chi connectivity index (χ4v) is 3.98. The Morgan fingerprint density at radius 1 is 1.04 bits per heavy atom. The Labute approximate surface area is 154 Å². The van der Waals surface area contributed by atoms with Gasteiger partial charge in [-0.1, -0.05) is 6.42 Å². The van der Waals surface area contributed by atoms with Gasteiger partial charge in [-0.25, -0.2) is 4.79 Å². The number of esters is 1. The molecule has 0 amide bonds. The molecule has 0 spiro atoms. The lowest BCUT2D eigenvalue weighted by atomic mass is 10.0. The first-order chi connectivity index (χ1) is 12.7. The number of ether oxygens (including phenoxy) is 4. The molecule has 0 N–H and O–H groups in total. The molecule has 2 saturated heterocycles. The molecule has 142 valence electrons. The maximum Gasteiger partial charge on any atom is 0.332 e. The van der Waals surface area contributed by atoms with Crippen molar-refractivity contribution in [2.24, 2.45) is 0 Å². The fraction of sp³-hybridized carbons (Fsp3) is 0.550. The lowest BCUT2D eigenvalue weighted by Gasteiger charge is -2.33. The van der Waals surface area contributed by atoms with Gasteiger partial charge >= 0.3 is 5.97 Å². The summed E-state index contributed by atoms with van der Waals surface area (Å²) < 4.78 is 21.4. The maximum atomic E-state index is 12.1. The van der Waals surface area contributed by atoms with Gasteiger partial charge in [-0.3, -0.25) is 4.90 Å². The fourth-order valence-electron chi connectivity index (χ4n) is 3.98. The Hall–Kier alpha value is -2.21. The first-order valence-corrected chi connectivity index (χ1v) is 9.07. The molecule has 0 saturated carbocycles. The SMILES string of the molecule is COc1cc(C=CC(=O)OCN2[C@@H]3CCC[C@H]2CC3)cc(OC)c1OC. The van der Waals surface area contributed by atoms with Crippen molar-refractivity contribution < 1.29 is 23.7 Å². The zero-order valence-electron chi connectivity index (χ0n) is 15.7. The van der Waals surface area contributed by atoms with Crippen LogP contribution in [0.3, 0.4) is 0 Å². The van der Waals surface area contributed by atoms with Crippen molar-refractivity contribution in [3.63, 3.8) is 0 Å². The van der Waals surface area contributed by atoms with Crippen molar-refractivity contribution in [1.82, 2.24) is 4.90 Å². The summed E-state index contributed by atoms with van der Waals surface area (Å²) in [6.07, 6.45) is 9.31. The molecule has 2 aliphatic rings. The van der Waals surface area contributed by atoms with Gasteiger partial charge in [0.15, 0.2) is 11.5 Å². The Morgan fingerprint density at radius 3 is 2.19 bits per heavy atom. The lowest BCUT2D eigenvalue weighted by Crippen LogP contribution is -2.41. The average molecular weight is 361 g/mol. The molecule has 0 aromatic heterocycles. The second kappa shape index (κ2) is 8.45. The molecular formula is C20H27NO5. The van der Waals surface area contributed by atoms with Crippen molar-refractivity contribution in [1.29, 1.82) is 0 Å². The smallest absolute Gasteiger partial charge is 0.332 e. The van der Waals surface area contributed by atoms with Gasteiger partial charge < -0.3 is 18.9 Å². The van der Waals surface area contributed by atoms with Crippen LogP contribution < -0.4 is 14.2 Å². The van der Waals surface area contributed by atoms with Crippen molar-refractivity contribution in [3.05, 3.63) is 23.8 Å². The zero-order chi connectivity index (χ0) is 18.5. The molecule has 1 aromatic carbocycles. The van der Waals surface area contributed by atoms with E-state index < -0.39 is 0 Å². The van der Waals surface area contributed by atoms with Crippen LogP contribution in [-0.4, -0.2) is 51.0 Å². The summed E-state index contributed by atoms with van der Waals surface area (Å²) in [6, 6.07) is 4.74. The molecular weight excluding hydrogens is 334 g/mol. The maximum absolute atomic E-state index is 12.1. The molecule has 26 heavy (non-hydrogen) atoms. The molecule has 2 fully saturated rings. The van der Waals surface area contributed by atoms with E-state index >= 15 is 0 Å². The number of methoxy groups -OCH3 is 3. The molecule has 6 nitrogen and oxygen atoms in total. The second-order valence-electron chi connectivity index (χ2n) is 6.71. The average Bonchev–Trinajstić information content (AvgIpc) is 2.89. The predicted molar refractivity (Wildman–Crippen MR) is 98.6 cm³/mol. The first-order valence-electron chi connectivity index (χ1n) is 9.07. The topological polar surface area (TPSA) is 57.2 Å². The van der Waals surface area contributed by atoms with Gasteiger partial charge in [0.05, 0.1) is 21.3 Å². The third kappa shape index (κ3) is 3.96. The van der Waals surface area contributed by atoms with E-state index in [0.29, 0.717) is 36.1 Å². The minimum absolute atomic E-state index is 0.344. The highest BCUT2D eigenvalue weighted by Crippen LogP contribution is 2.38. The zero-order valence-corrected chi connectivity index (χ0v) is 15.7. The first kappa shape index (κ1) is 18.6. The van der Waals surface area contributed by atoms with Gasteiger partial charge in [-0.05, 0) is 49.5 Å². The molecule has 0 radical (unpaired) electrons. The minimum Gasteiger partial charge on any atom is -0.493 e. The summed E-state index contributed by atoms with van der Waals surface area (Å²) in [5.74, 6) is 1.27. The number of nitrogens with zero attached hydrogens (tertiary/aromatic N) is 1. The molecule has 2 aliphatic heterocycles. The largest absolute Gasteiger partial charge is 0.493 e. The molecule has 6 heteroatoms. The van der Waals surface area contributed by atoms with E-state index in [4.69, 9.17) is 18.9 Å². The predicted octanol–water partition coefficient (Wildman–Crippen LogP) is 3.24. The van der Waals surface area contributed by atoms with Gasteiger partial charge in [-0.2, -0.15) is 0 Å². The van der Waals surface area contributed by atoms with Crippen molar-refractivity contribution >= 4 is 12.0 Å². The van der Waals surface area contributed by atoms with Gasteiger partial charge in [0, 0.05) is 18.2 Å². The quantitative estimate of drug-likeness (QED) is 0.549. The van der Waals surface area contributed by atoms with E-state index in [0.717, 1.165) is 5.56 Å². The highest BCUT2D eigenvalue weighted by atomic mass is 16.5. The van der Waals surface area contributed by atoms with Gasteiger partial charge in [0.1, 0.15) is 6.73 Å². The number of carbonyl (C=O) groups is 1. The van der Waals surface area contributed by atoms with Crippen LogP contribution in [0.1, 0.15) is 37.7 Å². The molecule has 2 atom stereocenters. The summed E-state index contributed by atoms with van der Waals surface area (Å²) in [6.45, 7) is 0.383. The van der Waals surface area contributed by atoms with Gasteiger partial charge in [0.2, 0.25) is 5.75 Å². The molecule has 0 unspecified atom stereocenters. The summed E-state index contributed by atoms with van der Waals surface area (Å²) in [7, 11) is 4.68. The third-order valence-electron chi connectivity index (χ3n) is 5.30. The molecule has 2 bridgehead atoms. The summed E-state index contributed by atoms with van der Waals surface area (Å²) in [5.41, 5.74) is 0.773. The highest BCUT2D eigenvalue weighted by Gasteiger charge is 2.36. The van der Waals surface area contributed by atoms with E-state index in [1.165, 1.54) is 38.2 Å². The minimum atomic E-state index is -0.344. The molecule has 2 heterocycles. The van der Waals surface area contributed by atoms with Gasteiger partial charge in [0.25, 0.3) is 0 Å². The van der Waals surface area contributed by atoms with E-state index in [9.17, 15) is 4.79 Å². The van der Waals surface area contributed by atoms with Crippen molar-refractivity contribution in [2.45, 2.75) is 44.2 Å². The number of hydrogen-bond donors (Lipinski definition) is 0. The van der Waals surface area contributed by atoms with E-state index in [-0.39, 0.29) is 5.97 Å². The Kier molecular flexibility index (Phi) is 6.04. The molecule has 0 aliphatic carbocycles. The second-order valence-corrected chi connectivity index (χ2v) is 6.71. The van der Waals surface area contributed by atoms with Gasteiger partial charge in [-0.15, -0.1) is 0 Å². The molecule has 3 rings (SSSR count). The van der Waals surface area contributed by atoms with Crippen LogP contribution in [0, 0.1) is 0 Å².